The van der Waals surface area contributed by atoms with Gasteiger partial charge < -0.3 is 9.84 Å². The number of nitrogens with zero attached hydrogens (tertiary/aromatic N) is 1. The van der Waals surface area contributed by atoms with Gasteiger partial charge in [0, 0.05) is 25.1 Å². The zero-order valence-electron chi connectivity index (χ0n) is 13.5. The fraction of sp³-hybridized carbons (Fsp3) is 0.267. The summed E-state index contributed by atoms with van der Waals surface area (Å²) in [4.78, 5) is 36.3. The van der Waals surface area contributed by atoms with Crippen LogP contribution in [-0.4, -0.2) is 43.3 Å². The van der Waals surface area contributed by atoms with Crippen molar-refractivity contribution in [3.8, 4) is 0 Å². The van der Waals surface area contributed by atoms with Crippen molar-refractivity contribution in [2.24, 2.45) is 7.05 Å². The van der Waals surface area contributed by atoms with Crippen molar-refractivity contribution in [3.05, 3.63) is 50.9 Å². The van der Waals surface area contributed by atoms with Gasteiger partial charge in [-0.1, -0.05) is 0 Å². The van der Waals surface area contributed by atoms with Crippen LogP contribution in [0.2, 0.25) is 0 Å². The molecule has 0 aliphatic carbocycles. The lowest BCUT2D eigenvalue weighted by molar-refractivity contribution is 0.0595. The predicted octanol–water partition coefficient (Wildman–Crippen LogP) is 0.443. The van der Waals surface area contributed by atoms with E-state index >= 15 is 0 Å². The topological polar surface area (TPSA) is 115 Å². The molecule has 1 N–H and O–H groups in total. The number of hydrogen-bond donors (Lipinski definition) is 1. The highest BCUT2D eigenvalue weighted by atomic mass is 32.2. The monoisotopic (exact) mass is 352 g/mol. The summed E-state index contributed by atoms with van der Waals surface area (Å²) >= 11 is 0. The van der Waals surface area contributed by atoms with Crippen LogP contribution in [0.3, 0.4) is 0 Å². The number of aryl methyl sites for hydroxylation is 1. The Morgan fingerprint density at radius 3 is 2.29 bits per heavy atom. The molecule has 0 fully saturated rings. The molecule has 128 valence electrons. The number of benzene rings is 1. The summed E-state index contributed by atoms with van der Waals surface area (Å²) < 4.78 is 29.5. The number of ether oxygens (including phenoxy) is 1. The van der Waals surface area contributed by atoms with Gasteiger partial charge >= 0.3 is 5.97 Å². The Hall–Kier alpha value is -2.68. The quantitative estimate of drug-likeness (QED) is 0.631. The van der Waals surface area contributed by atoms with Crippen molar-refractivity contribution in [1.29, 1.82) is 0 Å². The van der Waals surface area contributed by atoms with E-state index < -0.39 is 27.1 Å². The van der Waals surface area contributed by atoms with E-state index in [-0.39, 0.29) is 27.1 Å². The number of carbonyl (C=O) groups excluding carboxylic acids is 2. The summed E-state index contributed by atoms with van der Waals surface area (Å²) in [5.41, 5.74) is -0.648. The van der Waals surface area contributed by atoms with Crippen LogP contribution in [0.1, 0.15) is 31.8 Å². The SMILES string of the molecule is COC(=O)c1c(S(C)(=O)=O)ccc(C(=O)c2c[nH]n(C)c2=O)c1C. The number of H-pyrrole nitrogens is 1. The average molecular weight is 352 g/mol. The van der Waals surface area contributed by atoms with E-state index in [0.29, 0.717) is 0 Å². The van der Waals surface area contributed by atoms with Crippen LogP contribution in [0.5, 0.6) is 0 Å². The van der Waals surface area contributed by atoms with Crippen LogP contribution in [-0.2, 0) is 21.6 Å². The van der Waals surface area contributed by atoms with Crippen molar-refractivity contribution in [3.63, 3.8) is 0 Å². The molecule has 8 nitrogen and oxygen atoms in total. The lowest BCUT2D eigenvalue weighted by Crippen LogP contribution is -2.21. The molecule has 1 heterocycles. The van der Waals surface area contributed by atoms with Gasteiger partial charge in [-0.05, 0) is 24.6 Å². The first-order valence-electron chi connectivity index (χ1n) is 6.80. The molecule has 0 aliphatic heterocycles. The van der Waals surface area contributed by atoms with Crippen molar-refractivity contribution >= 4 is 21.6 Å². The molecule has 9 heteroatoms. The third-order valence-electron chi connectivity index (χ3n) is 3.64. The Bertz CT molecular complexity index is 997. The fourth-order valence-corrected chi connectivity index (χ4v) is 3.29. The second kappa shape index (κ2) is 6.08. The van der Waals surface area contributed by atoms with Gasteiger partial charge in [-0.15, -0.1) is 0 Å². The number of rotatable bonds is 4. The fourth-order valence-electron chi connectivity index (χ4n) is 2.37. The third kappa shape index (κ3) is 2.90. The number of nitrogens with one attached hydrogen (secondary N) is 1. The lowest BCUT2D eigenvalue weighted by atomic mass is 9.96. The molecule has 0 saturated heterocycles. The van der Waals surface area contributed by atoms with Crippen molar-refractivity contribution in [2.45, 2.75) is 11.8 Å². The van der Waals surface area contributed by atoms with Crippen LogP contribution in [0.25, 0.3) is 0 Å². The van der Waals surface area contributed by atoms with Gasteiger partial charge in [0.05, 0.1) is 17.6 Å². The highest BCUT2D eigenvalue weighted by Gasteiger charge is 2.27. The lowest BCUT2D eigenvalue weighted by Gasteiger charge is -2.12. The van der Waals surface area contributed by atoms with Crippen molar-refractivity contribution < 1.29 is 22.7 Å². The van der Waals surface area contributed by atoms with Gasteiger partial charge in [-0.3, -0.25) is 14.3 Å². The zero-order valence-corrected chi connectivity index (χ0v) is 14.4. The number of aromatic nitrogens is 2. The highest BCUT2D eigenvalue weighted by Crippen LogP contribution is 2.25. The maximum Gasteiger partial charge on any atom is 0.339 e. The van der Waals surface area contributed by atoms with Crippen molar-refractivity contribution in [2.75, 3.05) is 13.4 Å². The van der Waals surface area contributed by atoms with Gasteiger partial charge in [0.1, 0.15) is 5.56 Å². The molecule has 1 aromatic heterocycles. The Morgan fingerprint density at radius 1 is 1.21 bits per heavy atom. The minimum atomic E-state index is -3.71. The summed E-state index contributed by atoms with van der Waals surface area (Å²) in [5, 5.41) is 2.59. The number of carbonyl (C=O) groups is 2. The molecular formula is C15H16N2O6S. The Labute approximate surface area is 138 Å². The second-order valence-corrected chi connectivity index (χ2v) is 7.24. The molecule has 1 aromatic carbocycles. The minimum absolute atomic E-state index is 0.0551. The molecule has 0 unspecified atom stereocenters. The molecule has 2 rings (SSSR count). The number of esters is 1. The summed E-state index contributed by atoms with van der Waals surface area (Å²) in [6, 6.07) is 2.45. The predicted molar refractivity (Wildman–Crippen MR) is 85.1 cm³/mol. The Balaban J connectivity index is 2.74. The van der Waals surface area contributed by atoms with Crippen LogP contribution in [0, 0.1) is 6.92 Å². The average Bonchev–Trinajstić information content (AvgIpc) is 2.84. The maximum absolute atomic E-state index is 12.6. The third-order valence-corrected chi connectivity index (χ3v) is 4.78. The molecule has 2 aromatic rings. The number of hydrogen-bond acceptors (Lipinski definition) is 6. The summed E-state index contributed by atoms with van der Waals surface area (Å²) in [6.07, 6.45) is 2.21. The molecule has 0 saturated carbocycles. The number of methoxy groups -OCH3 is 1. The summed E-state index contributed by atoms with van der Waals surface area (Å²) in [7, 11) is -1.13. The first-order valence-corrected chi connectivity index (χ1v) is 8.69. The maximum atomic E-state index is 12.6. The molecule has 0 radical (unpaired) electrons. The molecule has 0 bridgehead atoms. The smallest absolute Gasteiger partial charge is 0.339 e. The number of sulfone groups is 1. The van der Waals surface area contributed by atoms with Gasteiger partial charge in [-0.2, -0.15) is 0 Å². The number of aromatic amines is 1. The summed E-state index contributed by atoms with van der Waals surface area (Å²) in [5.74, 6) is -1.48. The molecule has 0 atom stereocenters. The van der Waals surface area contributed by atoms with E-state index in [0.717, 1.165) is 18.0 Å². The van der Waals surface area contributed by atoms with E-state index in [1.54, 1.807) is 0 Å². The first kappa shape index (κ1) is 17.7. The van der Waals surface area contributed by atoms with E-state index in [1.165, 1.54) is 32.3 Å². The highest BCUT2D eigenvalue weighted by molar-refractivity contribution is 7.90. The van der Waals surface area contributed by atoms with E-state index in [9.17, 15) is 22.8 Å². The van der Waals surface area contributed by atoms with Crippen molar-refractivity contribution in [1.82, 2.24) is 9.78 Å². The van der Waals surface area contributed by atoms with E-state index in [2.05, 4.69) is 9.84 Å². The molecule has 0 aliphatic rings. The zero-order chi connectivity index (χ0) is 18.2. The molecule has 24 heavy (non-hydrogen) atoms. The second-order valence-electron chi connectivity index (χ2n) is 5.26. The normalized spacial score (nSPS) is 11.3. The molecule has 0 amide bonds. The van der Waals surface area contributed by atoms with Crippen LogP contribution < -0.4 is 5.56 Å². The standard InChI is InChI=1S/C15H16N2O6S/c1-8-9(13(18)10-7-16-17(2)14(10)19)5-6-11(24(4,21)22)12(8)15(20)23-3/h5-7,16H,1-4H3. The largest absolute Gasteiger partial charge is 0.465 e. The van der Waals surface area contributed by atoms with E-state index in [1.807, 2.05) is 0 Å². The Morgan fingerprint density at radius 2 is 1.83 bits per heavy atom. The van der Waals surface area contributed by atoms with Gasteiger partial charge in [0.25, 0.3) is 5.56 Å². The molecule has 0 spiro atoms. The van der Waals surface area contributed by atoms with Gasteiger partial charge in [0.2, 0.25) is 0 Å². The van der Waals surface area contributed by atoms with Gasteiger partial charge in [0.15, 0.2) is 15.6 Å². The molecular weight excluding hydrogens is 336 g/mol. The first-order chi connectivity index (χ1) is 11.1. The van der Waals surface area contributed by atoms with Crippen LogP contribution in [0.15, 0.2) is 28.0 Å². The number of ketones is 1. The minimum Gasteiger partial charge on any atom is -0.465 e. The van der Waals surface area contributed by atoms with Crippen LogP contribution in [0.4, 0.5) is 0 Å². The summed E-state index contributed by atoms with van der Waals surface area (Å²) in [6.45, 7) is 1.44. The van der Waals surface area contributed by atoms with Crippen LogP contribution >= 0.6 is 0 Å². The Kier molecular flexibility index (Phi) is 4.48. The van der Waals surface area contributed by atoms with E-state index in [4.69, 9.17) is 0 Å². The van der Waals surface area contributed by atoms with Gasteiger partial charge in [-0.25, -0.2) is 13.2 Å².